The third-order valence-electron chi connectivity index (χ3n) is 11.5. The minimum atomic E-state index is -3.70. The summed E-state index contributed by atoms with van der Waals surface area (Å²) in [6.45, 7) is 5.95. The molecular formula is C35H60N6O7S. The lowest BCUT2D eigenvalue weighted by Crippen LogP contribution is -2.66. The van der Waals surface area contributed by atoms with E-state index < -0.39 is 68.0 Å². The SMILES string of the molecule is CCCC[C@H](NC(=O)[C@@H]1CCCN1C(=O)[C@@H](NC(=O)NC1([C@H](C)S(=O)(=O)N(C)C)CCCCC1)C1(C)CCCCC1)C(=O)C(=O)NC1CC1. The van der Waals surface area contributed by atoms with Crippen molar-refractivity contribution in [2.24, 2.45) is 5.41 Å². The Morgan fingerprint density at radius 3 is 2.06 bits per heavy atom. The average molecular weight is 709 g/mol. The van der Waals surface area contributed by atoms with Gasteiger partial charge >= 0.3 is 6.03 Å². The summed E-state index contributed by atoms with van der Waals surface area (Å²) in [5, 5.41) is 10.7. The molecule has 4 aliphatic rings. The molecule has 0 spiro atoms. The number of hydrogen-bond donors (Lipinski definition) is 4. The fourth-order valence-corrected chi connectivity index (χ4v) is 9.55. The van der Waals surface area contributed by atoms with E-state index in [2.05, 4.69) is 21.3 Å². The van der Waals surface area contributed by atoms with Gasteiger partial charge in [0.15, 0.2) is 0 Å². The summed E-state index contributed by atoms with van der Waals surface area (Å²) in [5.74, 6) is -2.18. The number of carbonyl (C=O) groups is 5. The number of hydrogen-bond acceptors (Lipinski definition) is 7. The highest BCUT2D eigenvalue weighted by atomic mass is 32.2. The third kappa shape index (κ3) is 9.33. The zero-order chi connectivity index (χ0) is 36.0. The summed E-state index contributed by atoms with van der Waals surface area (Å²) in [6.07, 6.45) is 12.2. The summed E-state index contributed by atoms with van der Waals surface area (Å²) in [6, 6.07) is -3.33. The molecule has 49 heavy (non-hydrogen) atoms. The molecule has 5 amide bonds. The van der Waals surface area contributed by atoms with Crippen LogP contribution in [0.3, 0.4) is 0 Å². The predicted molar refractivity (Wildman–Crippen MR) is 187 cm³/mol. The Bertz CT molecular complexity index is 1320. The maximum Gasteiger partial charge on any atom is 0.315 e. The molecule has 0 bridgehead atoms. The van der Waals surface area contributed by atoms with Crippen molar-refractivity contribution in [1.29, 1.82) is 0 Å². The molecule has 4 N–H and O–H groups in total. The molecule has 278 valence electrons. The van der Waals surface area contributed by atoms with Gasteiger partial charge in [0.1, 0.15) is 12.1 Å². The quantitative estimate of drug-likeness (QED) is 0.189. The van der Waals surface area contributed by atoms with Gasteiger partial charge in [-0.25, -0.2) is 17.5 Å². The van der Waals surface area contributed by atoms with Crippen molar-refractivity contribution in [1.82, 2.24) is 30.5 Å². The van der Waals surface area contributed by atoms with Gasteiger partial charge in [0.05, 0.1) is 16.8 Å². The van der Waals surface area contributed by atoms with Crippen LogP contribution in [-0.2, 0) is 29.2 Å². The molecule has 1 aliphatic heterocycles. The molecule has 4 atom stereocenters. The first-order valence-corrected chi connectivity index (χ1v) is 20.1. The maximum absolute atomic E-state index is 14.6. The van der Waals surface area contributed by atoms with E-state index in [4.69, 9.17) is 0 Å². The number of Topliss-reactive ketones (excluding diaryl/α,β-unsaturated/α-hetero) is 1. The number of unbranched alkanes of at least 4 members (excludes halogenated alkanes) is 1. The van der Waals surface area contributed by atoms with Gasteiger partial charge in [0, 0.05) is 26.7 Å². The van der Waals surface area contributed by atoms with Crippen LogP contribution in [0.1, 0.15) is 130 Å². The van der Waals surface area contributed by atoms with Gasteiger partial charge in [-0.05, 0) is 70.1 Å². The van der Waals surface area contributed by atoms with Gasteiger partial charge in [0.2, 0.25) is 27.6 Å². The zero-order valence-electron chi connectivity index (χ0n) is 30.3. The van der Waals surface area contributed by atoms with Crippen LogP contribution in [0.2, 0.25) is 0 Å². The van der Waals surface area contributed by atoms with Gasteiger partial charge in [0.25, 0.3) is 5.91 Å². The lowest BCUT2D eigenvalue weighted by Gasteiger charge is -2.45. The molecule has 14 heteroatoms. The Hall–Kier alpha value is -2.74. The van der Waals surface area contributed by atoms with Crippen molar-refractivity contribution in [3.8, 4) is 0 Å². The van der Waals surface area contributed by atoms with Crippen molar-refractivity contribution in [2.75, 3.05) is 20.6 Å². The van der Waals surface area contributed by atoms with Crippen LogP contribution in [0.4, 0.5) is 4.79 Å². The fourth-order valence-electron chi connectivity index (χ4n) is 8.05. The van der Waals surface area contributed by atoms with E-state index in [0.717, 1.165) is 57.8 Å². The van der Waals surface area contributed by atoms with Crippen molar-refractivity contribution in [2.45, 2.75) is 165 Å². The van der Waals surface area contributed by atoms with Crippen molar-refractivity contribution < 1.29 is 32.4 Å². The molecule has 0 aromatic carbocycles. The number of sulfonamides is 1. The topological polar surface area (TPSA) is 174 Å². The average Bonchev–Trinajstić information content (AvgIpc) is 3.75. The Kier molecular flexibility index (Phi) is 13.2. The van der Waals surface area contributed by atoms with E-state index in [1.165, 1.54) is 23.3 Å². The molecule has 4 fully saturated rings. The van der Waals surface area contributed by atoms with Crippen LogP contribution in [0.25, 0.3) is 0 Å². The lowest BCUT2D eigenvalue weighted by molar-refractivity contribution is -0.144. The molecule has 3 aliphatic carbocycles. The molecule has 3 saturated carbocycles. The second-order valence-electron chi connectivity index (χ2n) is 15.4. The molecule has 1 saturated heterocycles. The van der Waals surface area contributed by atoms with E-state index in [1.807, 2.05) is 13.8 Å². The predicted octanol–water partition coefficient (Wildman–Crippen LogP) is 3.12. The first-order chi connectivity index (χ1) is 23.1. The second-order valence-corrected chi connectivity index (χ2v) is 17.9. The summed E-state index contributed by atoms with van der Waals surface area (Å²) >= 11 is 0. The highest BCUT2D eigenvalue weighted by Gasteiger charge is 2.49. The minimum absolute atomic E-state index is 0.0123. The Balaban J connectivity index is 1.54. The number of urea groups is 1. The number of likely N-dealkylation sites (tertiary alicyclic amines) is 1. The summed E-state index contributed by atoms with van der Waals surface area (Å²) < 4.78 is 27.8. The van der Waals surface area contributed by atoms with E-state index >= 15 is 0 Å². The minimum Gasteiger partial charge on any atom is -0.347 e. The first-order valence-electron chi connectivity index (χ1n) is 18.6. The Labute approximate surface area is 292 Å². The smallest absolute Gasteiger partial charge is 0.315 e. The van der Waals surface area contributed by atoms with Crippen LogP contribution in [0.15, 0.2) is 0 Å². The number of ketones is 1. The zero-order valence-corrected chi connectivity index (χ0v) is 31.1. The van der Waals surface area contributed by atoms with Gasteiger partial charge in [-0.2, -0.15) is 0 Å². The van der Waals surface area contributed by atoms with Crippen LogP contribution in [0, 0.1) is 5.41 Å². The van der Waals surface area contributed by atoms with Gasteiger partial charge < -0.3 is 26.2 Å². The molecule has 0 radical (unpaired) electrons. The monoisotopic (exact) mass is 708 g/mol. The largest absolute Gasteiger partial charge is 0.347 e. The fraction of sp³-hybridized carbons (Fsp3) is 0.857. The van der Waals surface area contributed by atoms with Crippen molar-refractivity contribution in [3.63, 3.8) is 0 Å². The summed E-state index contributed by atoms with van der Waals surface area (Å²) in [7, 11) is -0.707. The molecule has 4 rings (SSSR count). The second kappa shape index (κ2) is 16.5. The van der Waals surface area contributed by atoms with Gasteiger partial charge in [-0.15, -0.1) is 0 Å². The summed E-state index contributed by atoms with van der Waals surface area (Å²) in [4.78, 5) is 69.5. The van der Waals surface area contributed by atoms with Crippen LogP contribution < -0.4 is 21.3 Å². The van der Waals surface area contributed by atoms with E-state index in [1.54, 1.807) is 6.92 Å². The van der Waals surface area contributed by atoms with E-state index in [-0.39, 0.29) is 11.9 Å². The molecule has 1 heterocycles. The van der Waals surface area contributed by atoms with Crippen LogP contribution >= 0.6 is 0 Å². The summed E-state index contributed by atoms with van der Waals surface area (Å²) in [5.41, 5.74) is -1.56. The first kappa shape index (κ1) is 39.1. The number of nitrogens with one attached hydrogen (secondary N) is 4. The normalized spacial score (nSPS) is 24.0. The Morgan fingerprint density at radius 1 is 0.878 bits per heavy atom. The van der Waals surface area contributed by atoms with Crippen molar-refractivity contribution in [3.05, 3.63) is 0 Å². The molecule has 0 unspecified atom stereocenters. The molecule has 0 aromatic heterocycles. The van der Waals surface area contributed by atoms with E-state index in [9.17, 15) is 32.4 Å². The number of nitrogens with zero attached hydrogens (tertiary/aromatic N) is 2. The highest BCUT2D eigenvalue weighted by molar-refractivity contribution is 7.89. The van der Waals surface area contributed by atoms with Crippen LogP contribution in [0.5, 0.6) is 0 Å². The molecule has 0 aromatic rings. The number of amides is 5. The van der Waals surface area contributed by atoms with Crippen molar-refractivity contribution >= 4 is 39.6 Å². The number of rotatable bonds is 15. The highest BCUT2D eigenvalue weighted by Crippen LogP contribution is 2.41. The van der Waals surface area contributed by atoms with Crippen LogP contribution in [-0.4, -0.2) is 103 Å². The molecular weight excluding hydrogens is 648 g/mol. The third-order valence-corrected chi connectivity index (χ3v) is 13.9. The lowest BCUT2D eigenvalue weighted by atomic mass is 9.70. The Morgan fingerprint density at radius 2 is 1.49 bits per heavy atom. The molecule has 13 nitrogen and oxygen atoms in total. The van der Waals surface area contributed by atoms with E-state index in [0.29, 0.717) is 57.9 Å². The van der Waals surface area contributed by atoms with Gasteiger partial charge in [-0.3, -0.25) is 19.2 Å². The maximum atomic E-state index is 14.6. The van der Waals surface area contributed by atoms with Gasteiger partial charge in [-0.1, -0.05) is 65.2 Å². The standard InChI is InChI=1S/C35H60N6O7S/c1-6-7-15-26(28(42)31(44)36-25-17-18-25)37-30(43)27-16-14-23-41(27)32(45)29(34(3)19-10-8-11-20-34)38-33(46)39-35(21-12-9-13-22-35)24(2)49(47,48)40(4)5/h24-27,29H,6-23H2,1-5H3,(H,36,44)(H,37,43)(H2,38,39,46)/t24-,26-,27-,29+/m0/s1. The number of carbonyl (C=O) groups excluding carboxylic acids is 5.